The maximum Gasteiger partial charge on any atom is 0.265 e. The summed E-state index contributed by atoms with van der Waals surface area (Å²) in [7, 11) is 0. The van der Waals surface area contributed by atoms with Gasteiger partial charge in [-0.2, -0.15) is 0 Å². The molecule has 1 aromatic rings. The summed E-state index contributed by atoms with van der Waals surface area (Å²) in [5, 5.41) is 3.86. The van der Waals surface area contributed by atoms with Crippen molar-refractivity contribution in [3.63, 3.8) is 0 Å². The van der Waals surface area contributed by atoms with E-state index >= 15 is 0 Å². The minimum atomic E-state index is -0.0595. The lowest BCUT2D eigenvalue weighted by atomic mass is 10.1. The Labute approximate surface area is 110 Å². The third-order valence-corrected chi connectivity index (χ3v) is 4.52. The summed E-state index contributed by atoms with van der Waals surface area (Å²) in [4.78, 5) is 19.1. The Bertz CT molecular complexity index is 449. The second-order valence-electron chi connectivity index (χ2n) is 5.01. The topological polar surface area (TPSA) is 71.2 Å². The van der Waals surface area contributed by atoms with Gasteiger partial charge in [-0.15, -0.1) is 0 Å². The number of thiazole rings is 1. The number of nitrogens with two attached hydrogens (primary N) is 1. The van der Waals surface area contributed by atoms with Gasteiger partial charge in [-0.1, -0.05) is 11.3 Å². The van der Waals surface area contributed by atoms with Gasteiger partial charge in [-0.25, -0.2) is 4.98 Å². The van der Waals surface area contributed by atoms with Gasteiger partial charge in [0.2, 0.25) is 0 Å². The van der Waals surface area contributed by atoms with Gasteiger partial charge >= 0.3 is 0 Å². The van der Waals surface area contributed by atoms with Gasteiger partial charge in [0.15, 0.2) is 5.13 Å². The van der Waals surface area contributed by atoms with E-state index in [0.29, 0.717) is 16.7 Å². The number of nitrogens with zero attached hydrogens (tertiary/aromatic N) is 2. The van der Waals surface area contributed by atoms with Gasteiger partial charge in [0.05, 0.1) is 0 Å². The fraction of sp³-hybridized carbons (Fsp3) is 0.667. The molecule has 3 rings (SSSR count). The number of carbonyl (C=O) groups is 1. The third-order valence-electron chi connectivity index (χ3n) is 3.39. The van der Waals surface area contributed by atoms with Crippen molar-refractivity contribution in [1.82, 2.24) is 10.3 Å². The van der Waals surface area contributed by atoms with Crippen LogP contribution in [0.3, 0.4) is 0 Å². The van der Waals surface area contributed by atoms with E-state index in [1.807, 2.05) is 0 Å². The summed E-state index contributed by atoms with van der Waals surface area (Å²) < 4.78 is 0. The molecule has 0 spiro atoms. The summed E-state index contributed by atoms with van der Waals surface area (Å²) in [6.07, 6.45) is 5.85. The van der Waals surface area contributed by atoms with Crippen molar-refractivity contribution in [2.45, 2.75) is 38.1 Å². The Morgan fingerprint density at radius 3 is 2.72 bits per heavy atom. The van der Waals surface area contributed by atoms with E-state index in [9.17, 15) is 4.79 Å². The van der Waals surface area contributed by atoms with Crippen molar-refractivity contribution in [3.8, 4) is 0 Å². The normalized spacial score (nSPS) is 19.9. The van der Waals surface area contributed by atoms with E-state index in [4.69, 9.17) is 5.73 Å². The lowest BCUT2D eigenvalue weighted by Crippen LogP contribution is -2.29. The van der Waals surface area contributed by atoms with Gasteiger partial charge in [-0.05, 0) is 32.1 Å². The number of rotatable bonds is 3. The maximum atomic E-state index is 12.0. The number of piperidine rings is 1. The van der Waals surface area contributed by atoms with Crippen LogP contribution in [0.4, 0.5) is 10.9 Å². The first-order valence-electron chi connectivity index (χ1n) is 6.56. The Kier molecular flexibility index (Phi) is 3.11. The number of carbonyl (C=O) groups excluding carboxylic acids is 1. The minimum Gasteiger partial charge on any atom is -0.382 e. The molecule has 18 heavy (non-hydrogen) atoms. The molecule has 2 fully saturated rings. The van der Waals surface area contributed by atoms with Crippen LogP contribution in [0.15, 0.2) is 0 Å². The molecule has 0 aromatic carbocycles. The molecule has 5 nitrogen and oxygen atoms in total. The second kappa shape index (κ2) is 4.76. The van der Waals surface area contributed by atoms with E-state index < -0.39 is 0 Å². The molecule has 1 amide bonds. The SMILES string of the molecule is Nc1nc(N2CCCCC2)sc1C(=O)NC1CC1. The van der Waals surface area contributed by atoms with Crippen LogP contribution in [-0.2, 0) is 0 Å². The molecule has 0 radical (unpaired) electrons. The summed E-state index contributed by atoms with van der Waals surface area (Å²) in [6.45, 7) is 2.05. The molecule has 1 aliphatic heterocycles. The molecule has 6 heteroatoms. The first-order chi connectivity index (χ1) is 8.74. The highest BCUT2D eigenvalue weighted by atomic mass is 32.1. The summed E-state index contributed by atoms with van der Waals surface area (Å²) >= 11 is 1.42. The molecule has 2 heterocycles. The Morgan fingerprint density at radius 1 is 1.33 bits per heavy atom. The van der Waals surface area contributed by atoms with Gasteiger partial charge in [0, 0.05) is 19.1 Å². The fourth-order valence-electron chi connectivity index (χ4n) is 2.18. The summed E-state index contributed by atoms with van der Waals surface area (Å²) in [5.74, 6) is 0.314. The van der Waals surface area contributed by atoms with Crippen molar-refractivity contribution >= 4 is 28.2 Å². The number of hydrogen-bond acceptors (Lipinski definition) is 5. The Hall–Kier alpha value is -1.30. The molecule has 3 N–H and O–H groups in total. The van der Waals surface area contributed by atoms with Crippen LogP contribution in [0.1, 0.15) is 41.8 Å². The standard InChI is InChI=1S/C12H18N4OS/c13-10-9(11(17)14-8-4-5-8)18-12(15-10)16-6-2-1-3-7-16/h8H,1-7,13H2,(H,14,17). The number of amides is 1. The third kappa shape index (κ3) is 2.43. The first-order valence-corrected chi connectivity index (χ1v) is 7.38. The van der Waals surface area contributed by atoms with Crippen LogP contribution in [0, 0.1) is 0 Å². The minimum absolute atomic E-state index is 0.0595. The zero-order valence-electron chi connectivity index (χ0n) is 10.3. The highest BCUT2D eigenvalue weighted by Gasteiger charge is 2.27. The molecule has 0 unspecified atom stereocenters. The molecule has 2 aliphatic rings. The average molecular weight is 266 g/mol. The van der Waals surface area contributed by atoms with Crippen molar-refractivity contribution in [2.75, 3.05) is 23.7 Å². The zero-order valence-corrected chi connectivity index (χ0v) is 11.1. The van der Waals surface area contributed by atoms with E-state index in [2.05, 4.69) is 15.2 Å². The maximum absolute atomic E-state index is 12.0. The smallest absolute Gasteiger partial charge is 0.265 e. The van der Waals surface area contributed by atoms with Crippen molar-refractivity contribution in [3.05, 3.63) is 4.88 Å². The molecule has 0 bridgehead atoms. The van der Waals surface area contributed by atoms with Crippen LogP contribution in [0.25, 0.3) is 0 Å². The predicted octanol–water partition coefficient (Wildman–Crippen LogP) is 1.61. The van der Waals surface area contributed by atoms with Crippen molar-refractivity contribution in [1.29, 1.82) is 0 Å². The highest BCUT2D eigenvalue weighted by molar-refractivity contribution is 7.18. The van der Waals surface area contributed by atoms with Crippen LogP contribution in [0.5, 0.6) is 0 Å². The molecule has 1 saturated heterocycles. The summed E-state index contributed by atoms with van der Waals surface area (Å²) in [6, 6.07) is 0.359. The molecule has 0 atom stereocenters. The number of anilines is 2. The largest absolute Gasteiger partial charge is 0.382 e. The number of hydrogen-bond donors (Lipinski definition) is 2. The lowest BCUT2D eigenvalue weighted by Gasteiger charge is -2.25. The van der Waals surface area contributed by atoms with Crippen LogP contribution < -0.4 is 16.0 Å². The van der Waals surface area contributed by atoms with E-state index in [-0.39, 0.29) is 5.91 Å². The van der Waals surface area contributed by atoms with Crippen molar-refractivity contribution < 1.29 is 4.79 Å². The quantitative estimate of drug-likeness (QED) is 0.872. The van der Waals surface area contributed by atoms with E-state index in [0.717, 1.165) is 31.1 Å². The van der Waals surface area contributed by atoms with Crippen LogP contribution >= 0.6 is 11.3 Å². The van der Waals surface area contributed by atoms with Crippen LogP contribution in [-0.4, -0.2) is 30.0 Å². The fourth-order valence-corrected chi connectivity index (χ4v) is 3.12. The van der Waals surface area contributed by atoms with E-state index in [1.165, 1.54) is 30.6 Å². The van der Waals surface area contributed by atoms with Gasteiger partial charge in [0.1, 0.15) is 10.7 Å². The lowest BCUT2D eigenvalue weighted by molar-refractivity contribution is 0.0956. The van der Waals surface area contributed by atoms with E-state index in [1.54, 1.807) is 0 Å². The number of aromatic nitrogens is 1. The Morgan fingerprint density at radius 2 is 2.06 bits per heavy atom. The molecule has 1 saturated carbocycles. The molecule has 1 aliphatic carbocycles. The van der Waals surface area contributed by atoms with Crippen LogP contribution in [0.2, 0.25) is 0 Å². The predicted molar refractivity (Wildman–Crippen MR) is 73.1 cm³/mol. The highest BCUT2D eigenvalue weighted by Crippen LogP contribution is 2.30. The number of nitrogen functional groups attached to an aromatic ring is 1. The van der Waals surface area contributed by atoms with Gasteiger partial charge < -0.3 is 16.0 Å². The van der Waals surface area contributed by atoms with Crippen molar-refractivity contribution in [2.24, 2.45) is 0 Å². The molecular weight excluding hydrogens is 248 g/mol. The number of nitrogens with one attached hydrogen (secondary N) is 1. The zero-order chi connectivity index (χ0) is 12.5. The second-order valence-corrected chi connectivity index (χ2v) is 5.98. The van der Waals surface area contributed by atoms with Gasteiger partial charge in [-0.3, -0.25) is 4.79 Å². The molecular formula is C12H18N4OS. The van der Waals surface area contributed by atoms with Gasteiger partial charge in [0.25, 0.3) is 5.91 Å². The first kappa shape index (κ1) is 11.8. The average Bonchev–Trinajstić information content (AvgIpc) is 3.10. The molecule has 1 aromatic heterocycles. The summed E-state index contributed by atoms with van der Waals surface area (Å²) in [5.41, 5.74) is 5.86. The monoisotopic (exact) mass is 266 g/mol. The molecule has 98 valence electrons. The Balaban J connectivity index is 1.74.